The van der Waals surface area contributed by atoms with Crippen LogP contribution in [0.3, 0.4) is 0 Å². The molecule has 1 aromatic rings. The van der Waals surface area contributed by atoms with Gasteiger partial charge in [-0.25, -0.2) is 4.98 Å². The topological polar surface area (TPSA) is 77.2 Å². The fraction of sp³-hybridized carbons (Fsp3) is 0.500. The molecule has 1 aliphatic carbocycles. The Morgan fingerprint density at radius 1 is 1.67 bits per heavy atom. The van der Waals surface area contributed by atoms with Gasteiger partial charge in [-0.2, -0.15) is 0 Å². The van der Waals surface area contributed by atoms with Crippen molar-refractivity contribution < 1.29 is 9.53 Å². The van der Waals surface area contributed by atoms with E-state index in [4.69, 9.17) is 22.1 Å². The highest BCUT2D eigenvalue weighted by Gasteiger charge is 2.31. The third-order valence-electron chi connectivity index (χ3n) is 2.98. The highest BCUT2D eigenvalue weighted by Crippen LogP contribution is 2.24. The van der Waals surface area contributed by atoms with Crippen molar-refractivity contribution in [3.8, 4) is 0 Å². The maximum Gasteiger partial charge on any atom is 0.253 e. The second-order valence-corrected chi connectivity index (χ2v) is 4.70. The molecule has 98 valence electrons. The maximum absolute atomic E-state index is 12.0. The number of hydrogen-bond acceptors (Lipinski definition) is 4. The van der Waals surface area contributed by atoms with Gasteiger partial charge < -0.3 is 15.8 Å². The van der Waals surface area contributed by atoms with Crippen molar-refractivity contribution in [2.75, 3.05) is 12.3 Å². The number of rotatable bonds is 4. The molecule has 1 fully saturated rings. The fourth-order valence-corrected chi connectivity index (χ4v) is 2.11. The van der Waals surface area contributed by atoms with Crippen LogP contribution in [0.25, 0.3) is 0 Å². The third kappa shape index (κ3) is 2.91. The largest absolute Gasteiger partial charge is 0.397 e. The van der Waals surface area contributed by atoms with E-state index >= 15 is 0 Å². The molecule has 3 N–H and O–H groups in total. The van der Waals surface area contributed by atoms with Crippen molar-refractivity contribution in [2.45, 2.75) is 31.9 Å². The SMILES string of the molecule is CCOC1CC(NC(=O)c2cc(Cl)ncc2N)C1. The molecule has 6 heteroatoms. The summed E-state index contributed by atoms with van der Waals surface area (Å²) in [6.45, 7) is 2.67. The Balaban J connectivity index is 1.91. The van der Waals surface area contributed by atoms with Crippen molar-refractivity contribution in [1.82, 2.24) is 10.3 Å². The zero-order valence-electron chi connectivity index (χ0n) is 10.1. The van der Waals surface area contributed by atoms with Gasteiger partial charge in [-0.15, -0.1) is 0 Å². The molecule has 1 saturated carbocycles. The van der Waals surface area contributed by atoms with Crippen molar-refractivity contribution in [2.24, 2.45) is 0 Å². The summed E-state index contributed by atoms with van der Waals surface area (Å²) in [5, 5.41) is 3.16. The van der Waals surface area contributed by atoms with Crippen molar-refractivity contribution in [3.63, 3.8) is 0 Å². The van der Waals surface area contributed by atoms with Crippen LogP contribution in [0.2, 0.25) is 5.15 Å². The number of nitrogens with one attached hydrogen (secondary N) is 1. The molecule has 0 aliphatic heterocycles. The second-order valence-electron chi connectivity index (χ2n) is 4.31. The van der Waals surface area contributed by atoms with Gasteiger partial charge in [-0.05, 0) is 25.8 Å². The van der Waals surface area contributed by atoms with Crippen LogP contribution in [0.5, 0.6) is 0 Å². The van der Waals surface area contributed by atoms with E-state index in [0.29, 0.717) is 17.9 Å². The van der Waals surface area contributed by atoms with Gasteiger partial charge in [-0.1, -0.05) is 11.6 Å². The number of nitrogens with two attached hydrogens (primary N) is 1. The lowest BCUT2D eigenvalue weighted by atomic mass is 9.89. The molecule has 0 bridgehead atoms. The number of halogens is 1. The van der Waals surface area contributed by atoms with Gasteiger partial charge in [0.1, 0.15) is 5.15 Å². The van der Waals surface area contributed by atoms with E-state index in [2.05, 4.69) is 10.3 Å². The molecule has 0 spiro atoms. The van der Waals surface area contributed by atoms with Gasteiger partial charge in [0.15, 0.2) is 0 Å². The first-order chi connectivity index (χ1) is 8.60. The smallest absolute Gasteiger partial charge is 0.253 e. The molecule has 1 aliphatic rings. The normalized spacial score (nSPS) is 22.3. The fourth-order valence-electron chi connectivity index (χ4n) is 1.96. The number of carbonyl (C=O) groups is 1. The summed E-state index contributed by atoms with van der Waals surface area (Å²) in [5.74, 6) is -0.211. The molecular weight excluding hydrogens is 254 g/mol. The van der Waals surface area contributed by atoms with Gasteiger partial charge in [0.2, 0.25) is 0 Å². The van der Waals surface area contributed by atoms with Crippen molar-refractivity contribution in [3.05, 3.63) is 23.0 Å². The summed E-state index contributed by atoms with van der Waals surface area (Å²) in [4.78, 5) is 15.8. The predicted octanol–water partition coefficient (Wildman–Crippen LogP) is 1.61. The molecular formula is C12H16ClN3O2. The highest BCUT2D eigenvalue weighted by atomic mass is 35.5. The lowest BCUT2D eigenvalue weighted by molar-refractivity contribution is -0.00861. The number of pyridine rings is 1. The van der Waals surface area contributed by atoms with E-state index in [9.17, 15) is 4.79 Å². The average molecular weight is 270 g/mol. The molecule has 0 atom stereocenters. The first-order valence-electron chi connectivity index (χ1n) is 5.93. The minimum atomic E-state index is -0.211. The zero-order chi connectivity index (χ0) is 13.1. The number of carbonyl (C=O) groups excluding carboxylic acids is 1. The molecule has 0 radical (unpaired) electrons. The third-order valence-corrected chi connectivity index (χ3v) is 3.19. The van der Waals surface area contributed by atoms with Crippen molar-refractivity contribution >= 4 is 23.2 Å². The summed E-state index contributed by atoms with van der Waals surface area (Å²) in [6.07, 6.45) is 3.34. The molecule has 2 rings (SSSR count). The Bertz CT molecular complexity index is 447. The predicted molar refractivity (Wildman–Crippen MR) is 69.6 cm³/mol. The summed E-state index contributed by atoms with van der Waals surface area (Å²) < 4.78 is 5.43. The average Bonchev–Trinajstić information content (AvgIpc) is 2.29. The summed E-state index contributed by atoms with van der Waals surface area (Å²) >= 11 is 5.74. The maximum atomic E-state index is 12.0. The number of nitrogens with zero attached hydrogens (tertiary/aromatic N) is 1. The summed E-state index contributed by atoms with van der Waals surface area (Å²) in [6, 6.07) is 1.63. The number of nitrogen functional groups attached to an aromatic ring is 1. The molecule has 0 saturated heterocycles. The standard InChI is InChI=1S/C12H16ClN3O2/c1-2-18-8-3-7(4-8)16-12(17)9-5-11(13)15-6-10(9)14/h5-8H,2-4,14H2,1H3,(H,16,17). The number of ether oxygens (including phenoxy) is 1. The summed E-state index contributed by atoms with van der Waals surface area (Å²) in [7, 11) is 0. The van der Waals surface area contributed by atoms with E-state index in [0.717, 1.165) is 12.8 Å². The van der Waals surface area contributed by atoms with Gasteiger partial charge >= 0.3 is 0 Å². The number of aromatic nitrogens is 1. The molecule has 5 nitrogen and oxygen atoms in total. The highest BCUT2D eigenvalue weighted by molar-refractivity contribution is 6.29. The Hall–Kier alpha value is -1.33. The van der Waals surface area contributed by atoms with E-state index in [1.807, 2.05) is 6.92 Å². The monoisotopic (exact) mass is 269 g/mol. The molecule has 1 aromatic heterocycles. The van der Waals surface area contributed by atoms with Gasteiger partial charge in [-0.3, -0.25) is 4.79 Å². The van der Waals surface area contributed by atoms with Crippen LogP contribution in [-0.4, -0.2) is 29.6 Å². The van der Waals surface area contributed by atoms with Crippen LogP contribution in [-0.2, 0) is 4.74 Å². The Kier molecular flexibility index (Phi) is 4.04. The van der Waals surface area contributed by atoms with Crippen LogP contribution in [0, 0.1) is 0 Å². The lowest BCUT2D eigenvalue weighted by Crippen LogP contribution is -2.47. The first kappa shape index (κ1) is 13.1. The van der Waals surface area contributed by atoms with Crippen LogP contribution < -0.4 is 11.1 Å². The van der Waals surface area contributed by atoms with Crippen LogP contribution in [0.1, 0.15) is 30.1 Å². The zero-order valence-corrected chi connectivity index (χ0v) is 10.9. The van der Waals surface area contributed by atoms with Crippen LogP contribution >= 0.6 is 11.6 Å². The van der Waals surface area contributed by atoms with E-state index in [1.165, 1.54) is 12.3 Å². The lowest BCUT2D eigenvalue weighted by Gasteiger charge is -2.35. The van der Waals surface area contributed by atoms with Crippen molar-refractivity contribution in [1.29, 1.82) is 0 Å². The Morgan fingerprint density at radius 3 is 3.06 bits per heavy atom. The number of hydrogen-bond donors (Lipinski definition) is 2. The van der Waals surface area contributed by atoms with E-state index in [1.54, 1.807) is 0 Å². The molecule has 1 heterocycles. The number of amides is 1. The van der Waals surface area contributed by atoms with E-state index < -0.39 is 0 Å². The molecule has 18 heavy (non-hydrogen) atoms. The van der Waals surface area contributed by atoms with Gasteiger partial charge in [0.25, 0.3) is 5.91 Å². The molecule has 0 aromatic carbocycles. The molecule has 1 amide bonds. The quantitative estimate of drug-likeness (QED) is 0.814. The minimum absolute atomic E-state index is 0.153. The second kappa shape index (κ2) is 5.54. The Labute approximate surface area is 111 Å². The van der Waals surface area contributed by atoms with Gasteiger partial charge in [0, 0.05) is 12.6 Å². The Morgan fingerprint density at radius 2 is 2.39 bits per heavy atom. The molecule has 0 unspecified atom stereocenters. The minimum Gasteiger partial charge on any atom is -0.397 e. The number of anilines is 1. The first-order valence-corrected chi connectivity index (χ1v) is 6.31. The van der Waals surface area contributed by atoms with Crippen LogP contribution in [0.4, 0.5) is 5.69 Å². The summed E-state index contributed by atoms with van der Waals surface area (Å²) in [5.41, 5.74) is 6.40. The van der Waals surface area contributed by atoms with E-state index in [-0.39, 0.29) is 23.2 Å². The van der Waals surface area contributed by atoms with Gasteiger partial charge in [0.05, 0.1) is 23.6 Å². The van der Waals surface area contributed by atoms with Crippen LogP contribution in [0.15, 0.2) is 12.3 Å².